The molecule has 2 N–H and O–H groups in total. The number of halogens is 3. The topological polar surface area (TPSA) is 69.2 Å². The van der Waals surface area contributed by atoms with Gasteiger partial charge in [0.25, 0.3) is 0 Å². The van der Waals surface area contributed by atoms with Crippen LogP contribution in [0, 0.1) is 0 Å². The molecule has 0 aliphatic carbocycles. The number of anilines is 1. The second-order valence-electron chi connectivity index (χ2n) is 7.56. The van der Waals surface area contributed by atoms with Crippen molar-refractivity contribution in [2.75, 3.05) is 32.0 Å². The third-order valence-electron chi connectivity index (χ3n) is 5.48. The molecular weight excluding hydrogens is 395 g/mol. The van der Waals surface area contributed by atoms with Crippen molar-refractivity contribution in [2.24, 2.45) is 0 Å². The van der Waals surface area contributed by atoms with Crippen molar-refractivity contribution in [3.05, 3.63) is 42.1 Å². The van der Waals surface area contributed by atoms with Crippen molar-refractivity contribution in [3.8, 4) is 11.3 Å². The maximum atomic E-state index is 13.2. The summed E-state index contributed by atoms with van der Waals surface area (Å²) in [6, 6.07) is 1.02. The predicted molar refractivity (Wildman–Crippen MR) is 110 cm³/mol. The van der Waals surface area contributed by atoms with Crippen LogP contribution in [-0.4, -0.2) is 45.7 Å². The SMILES string of the molecule is C=C(CCn1cc(-c2cnc(N)c(C(F)(F)F)c2)nc1C(C)CC)N1CCOCC1. The number of rotatable bonds is 7. The van der Waals surface area contributed by atoms with Gasteiger partial charge in [-0.3, -0.25) is 0 Å². The fourth-order valence-electron chi connectivity index (χ4n) is 3.45. The highest BCUT2D eigenvalue weighted by atomic mass is 19.4. The number of nitrogen functional groups attached to an aromatic ring is 1. The lowest BCUT2D eigenvalue weighted by Crippen LogP contribution is -2.35. The van der Waals surface area contributed by atoms with Crippen molar-refractivity contribution in [3.63, 3.8) is 0 Å². The Balaban J connectivity index is 1.85. The molecule has 3 heterocycles. The van der Waals surface area contributed by atoms with Gasteiger partial charge in [-0.1, -0.05) is 20.4 Å². The number of hydrogen-bond donors (Lipinski definition) is 1. The van der Waals surface area contributed by atoms with Gasteiger partial charge in [-0.05, 0) is 12.5 Å². The third kappa shape index (κ3) is 4.95. The van der Waals surface area contributed by atoms with Crippen LogP contribution in [0.3, 0.4) is 0 Å². The summed E-state index contributed by atoms with van der Waals surface area (Å²) in [7, 11) is 0. The van der Waals surface area contributed by atoms with E-state index in [1.54, 1.807) is 6.20 Å². The molecule has 1 aliphatic rings. The molecule has 2 aromatic heterocycles. The maximum Gasteiger partial charge on any atom is 0.419 e. The molecule has 2 aromatic rings. The summed E-state index contributed by atoms with van der Waals surface area (Å²) in [6.45, 7) is 12.0. The second kappa shape index (κ2) is 9.07. The van der Waals surface area contributed by atoms with Crippen molar-refractivity contribution in [1.29, 1.82) is 0 Å². The van der Waals surface area contributed by atoms with Gasteiger partial charge in [0, 0.05) is 55.6 Å². The summed E-state index contributed by atoms with van der Waals surface area (Å²) in [5, 5.41) is 0. The molecule has 1 unspecified atom stereocenters. The molecular formula is C21H28F3N5O. The first kappa shape index (κ1) is 22.1. The number of nitrogens with zero attached hydrogens (tertiary/aromatic N) is 4. The third-order valence-corrected chi connectivity index (χ3v) is 5.48. The number of nitrogens with two attached hydrogens (primary N) is 1. The van der Waals surface area contributed by atoms with E-state index in [1.807, 2.05) is 4.57 Å². The number of ether oxygens (including phenoxy) is 1. The standard InChI is InChI=1S/C21H28F3N5O/c1-4-14(2)20-27-18(16-11-17(21(22,23)24)19(25)26-12-16)13-29(20)6-5-15(3)28-7-9-30-10-8-28/h11-14H,3-10H2,1-2H3,(H2,25,26). The van der Waals surface area contributed by atoms with Gasteiger partial charge < -0.3 is 19.9 Å². The van der Waals surface area contributed by atoms with Crippen molar-refractivity contribution in [1.82, 2.24) is 19.4 Å². The largest absolute Gasteiger partial charge is 0.419 e. The van der Waals surface area contributed by atoms with E-state index in [4.69, 9.17) is 10.5 Å². The van der Waals surface area contributed by atoms with E-state index in [2.05, 4.69) is 35.3 Å². The van der Waals surface area contributed by atoms with Crippen LogP contribution in [0.25, 0.3) is 11.3 Å². The minimum absolute atomic E-state index is 0.166. The lowest BCUT2D eigenvalue weighted by Gasteiger charge is -2.30. The van der Waals surface area contributed by atoms with Crippen molar-refractivity contribution in [2.45, 2.75) is 45.3 Å². The normalized spacial score (nSPS) is 16.0. The molecule has 0 spiro atoms. The van der Waals surface area contributed by atoms with Gasteiger partial charge in [-0.25, -0.2) is 9.97 Å². The smallest absolute Gasteiger partial charge is 0.383 e. The number of pyridine rings is 1. The van der Waals surface area contributed by atoms with E-state index < -0.39 is 17.6 Å². The molecule has 30 heavy (non-hydrogen) atoms. The fourth-order valence-corrected chi connectivity index (χ4v) is 3.45. The zero-order valence-electron chi connectivity index (χ0n) is 17.4. The zero-order chi connectivity index (χ0) is 21.9. The number of alkyl halides is 3. The van der Waals surface area contributed by atoms with E-state index in [0.29, 0.717) is 31.0 Å². The lowest BCUT2D eigenvalue weighted by molar-refractivity contribution is -0.137. The molecule has 6 nitrogen and oxygen atoms in total. The van der Waals surface area contributed by atoms with Crippen molar-refractivity contribution < 1.29 is 17.9 Å². The summed E-state index contributed by atoms with van der Waals surface area (Å²) in [5.41, 5.74) is 6.27. The number of aryl methyl sites for hydroxylation is 1. The van der Waals surface area contributed by atoms with E-state index in [1.165, 1.54) is 6.20 Å². The Morgan fingerprint density at radius 2 is 2.03 bits per heavy atom. The highest BCUT2D eigenvalue weighted by Gasteiger charge is 2.34. The lowest BCUT2D eigenvalue weighted by atomic mass is 10.1. The van der Waals surface area contributed by atoms with Gasteiger partial charge in [0.15, 0.2) is 0 Å². The first-order chi connectivity index (χ1) is 14.2. The molecule has 0 radical (unpaired) electrons. The molecule has 9 heteroatoms. The van der Waals surface area contributed by atoms with Crippen LogP contribution >= 0.6 is 0 Å². The highest BCUT2D eigenvalue weighted by Crippen LogP contribution is 2.35. The molecule has 3 rings (SSSR count). The summed E-state index contributed by atoms with van der Waals surface area (Å²) in [4.78, 5) is 10.6. The molecule has 0 amide bonds. The number of allylic oxidation sites excluding steroid dienone is 1. The molecule has 1 fully saturated rings. The van der Waals surface area contributed by atoms with Crippen LogP contribution < -0.4 is 5.73 Å². The molecule has 1 saturated heterocycles. The maximum absolute atomic E-state index is 13.2. The van der Waals surface area contributed by atoms with Gasteiger partial charge in [0.2, 0.25) is 0 Å². The Morgan fingerprint density at radius 1 is 1.33 bits per heavy atom. The molecule has 0 saturated carbocycles. The molecule has 1 atom stereocenters. The average molecular weight is 423 g/mol. The number of morpholine rings is 1. The Bertz CT molecular complexity index is 887. The fraction of sp³-hybridized carbons (Fsp3) is 0.524. The van der Waals surface area contributed by atoms with E-state index >= 15 is 0 Å². The van der Waals surface area contributed by atoms with E-state index in [0.717, 1.165) is 43.5 Å². The number of imidazole rings is 1. The molecule has 0 bridgehead atoms. The minimum Gasteiger partial charge on any atom is -0.383 e. The highest BCUT2D eigenvalue weighted by molar-refractivity contribution is 5.62. The first-order valence-electron chi connectivity index (χ1n) is 10.1. The van der Waals surface area contributed by atoms with Gasteiger partial charge in [0.1, 0.15) is 11.6 Å². The quantitative estimate of drug-likeness (QED) is 0.719. The predicted octanol–water partition coefficient (Wildman–Crippen LogP) is 4.30. The van der Waals surface area contributed by atoms with Gasteiger partial charge in [-0.2, -0.15) is 13.2 Å². The second-order valence-corrected chi connectivity index (χ2v) is 7.56. The van der Waals surface area contributed by atoms with Crippen molar-refractivity contribution >= 4 is 5.82 Å². The number of aromatic nitrogens is 3. The van der Waals surface area contributed by atoms with E-state index in [-0.39, 0.29) is 5.92 Å². The summed E-state index contributed by atoms with van der Waals surface area (Å²) in [6.07, 6.45) is 0.165. The van der Waals surface area contributed by atoms with E-state index in [9.17, 15) is 13.2 Å². The first-order valence-corrected chi connectivity index (χ1v) is 10.1. The Labute approximate surface area is 174 Å². The van der Waals surface area contributed by atoms with Crippen LogP contribution in [0.5, 0.6) is 0 Å². The molecule has 1 aliphatic heterocycles. The summed E-state index contributed by atoms with van der Waals surface area (Å²) >= 11 is 0. The monoisotopic (exact) mass is 423 g/mol. The van der Waals surface area contributed by atoms with Crippen LogP contribution in [0.2, 0.25) is 0 Å². The summed E-state index contributed by atoms with van der Waals surface area (Å²) < 4.78 is 47.1. The molecule has 0 aromatic carbocycles. The van der Waals surface area contributed by atoms with Crippen LogP contribution in [0.15, 0.2) is 30.7 Å². The van der Waals surface area contributed by atoms with Crippen LogP contribution in [0.1, 0.15) is 44.0 Å². The Morgan fingerprint density at radius 3 is 2.67 bits per heavy atom. The van der Waals surface area contributed by atoms with Crippen LogP contribution in [-0.2, 0) is 17.5 Å². The average Bonchev–Trinajstić information content (AvgIpc) is 3.15. The van der Waals surface area contributed by atoms with Gasteiger partial charge in [-0.15, -0.1) is 0 Å². The van der Waals surface area contributed by atoms with Crippen LogP contribution in [0.4, 0.5) is 19.0 Å². The zero-order valence-corrected chi connectivity index (χ0v) is 17.4. The minimum atomic E-state index is -4.56. The Kier molecular flexibility index (Phi) is 6.70. The van der Waals surface area contributed by atoms with Gasteiger partial charge in [0.05, 0.1) is 24.5 Å². The van der Waals surface area contributed by atoms with Gasteiger partial charge >= 0.3 is 6.18 Å². The number of hydrogen-bond acceptors (Lipinski definition) is 5. The Hall–Kier alpha value is -2.55. The molecule has 164 valence electrons. The summed E-state index contributed by atoms with van der Waals surface area (Å²) in [5.74, 6) is 0.474.